The first kappa shape index (κ1) is 18.9. The summed E-state index contributed by atoms with van der Waals surface area (Å²) >= 11 is 0. The van der Waals surface area contributed by atoms with Crippen molar-refractivity contribution in [3.63, 3.8) is 0 Å². The fourth-order valence-corrected chi connectivity index (χ4v) is 4.17. The fourth-order valence-electron chi connectivity index (χ4n) is 4.17. The molecule has 5 rings (SSSR count). The van der Waals surface area contributed by atoms with Gasteiger partial charge in [0.05, 0.1) is 18.4 Å². The number of nitrogens with zero attached hydrogens (tertiary/aromatic N) is 3. The van der Waals surface area contributed by atoms with Gasteiger partial charge in [0.15, 0.2) is 0 Å². The molecule has 31 heavy (non-hydrogen) atoms. The Morgan fingerprint density at radius 1 is 0.871 bits per heavy atom. The third kappa shape index (κ3) is 2.95. The highest BCUT2D eigenvalue weighted by Crippen LogP contribution is 2.47. The van der Waals surface area contributed by atoms with Gasteiger partial charge in [-0.15, -0.1) is 0 Å². The average Bonchev–Trinajstić information content (AvgIpc) is 3.14. The lowest BCUT2D eigenvalue weighted by Gasteiger charge is -2.29. The zero-order chi connectivity index (χ0) is 21.4. The molecular formula is C25H19FN4O. The van der Waals surface area contributed by atoms with E-state index in [0.717, 1.165) is 22.4 Å². The van der Waals surface area contributed by atoms with Crippen LogP contribution in [0, 0.1) is 5.82 Å². The van der Waals surface area contributed by atoms with Crippen molar-refractivity contribution in [1.82, 2.24) is 9.97 Å². The number of aromatic nitrogens is 2. The van der Waals surface area contributed by atoms with E-state index >= 15 is 0 Å². The fraction of sp³-hybridized carbons (Fsp3) is 0.0800. The van der Waals surface area contributed by atoms with Gasteiger partial charge in [0.1, 0.15) is 17.2 Å². The molecule has 1 aliphatic heterocycles. The van der Waals surface area contributed by atoms with E-state index in [9.17, 15) is 4.39 Å². The number of hydrogen-bond acceptors (Lipinski definition) is 5. The summed E-state index contributed by atoms with van der Waals surface area (Å²) in [6.45, 7) is 0. The van der Waals surface area contributed by atoms with Crippen molar-refractivity contribution in [3.05, 3.63) is 113 Å². The van der Waals surface area contributed by atoms with Gasteiger partial charge in [-0.1, -0.05) is 36.4 Å². The van der Waals surface area contributed by atoms with Crippen LogP contribution in [0.15, 0.2) is 90.2 Å². The SMILES string of the molecule is COc1cc(C2(c3cccc(-c4ccccn4)c3)N=C(N)c3c(F)cccc32)ccn1. The van der Waals surface area contributed by atoms with Crippen LogP contribution in [0.2, 0.25) is 0 Å². The molecule has 2 aromatic carbocycles. The van der Waals surface area contributed by atoms with Crippen molar-refractivity contribution in [1.29, 1.82) is 0 Å². The van der Waals surface area contributed by atoms with Gasteiger partial charge in [0.25, 0.3) is 0 Å². The summed E-state index contributed by atoms with van der Waals surface area (Å²) in [5, 5.41) is 0. The predicted molar refractivity (Wildman–Crippen MR) is 117 cm³/mol. The molecule has 0 spiro atoms. The summed E-state index contributed by atoms with van der Waals surface area (Å²) in [5.74, 6) is 0.200. The van der Waals surface area contributed by atoms with Gasteiger partial charge in [-0.3, -0.25) is 4.98 Å². The summed E-state index contributed by atoms with van der Waals surface area (Å²) in [6.07, 6.45) is 3.41. The molecule has 2 aromatic heterocycles. The monoisotopic (exact) mass is 410 g/mol. The Kier molecular flexibility index (Phi) is 4.47. The van der Waals surface area contributed by atoms with Gasteiger partial charge in [-0.25, -0.2) is 14.4 Å². The molecule has 0 saturated carbocycles. The third-order valence-corrected chi connectivity index (χ3v) is 5.55. The first-order valence-corrected chi connectivity index (χ1v) is 9.80. The molecule has 0 amide bonds. The molecule has 152 valence electrons. The molecule has 1 unspecified atom stereocenters. The molecule has 0 saturated heterocycles. The summed E-state index contributed by atoms with van der Waals surface area (Å²) < 4.78 is 20.1. The van der Waals surface area contributed by atoms with E-state index in [1.165, 1.54) is 6.07 Å². The van der Waals surface area contributed by atoms with Gasteiger partial charge in [0.2, 0.25) is 5.88 Å². The number of pyridine rings is 2. The Labute approximate surface area is 179 Å². The Balaban J connectivity index is 1.82. The largest absolute Gasteiger partial charge is 0.481 e. The summed E-state index contributed by atoms with van der Waals surface area (Å²) in [7, 11) is 1.56. The second-order valence-electron chi connectivity index (χ2n) is 7.25. The second-order valence-corrected chi connectivity index (χ2v) is 7.25. The molecule has 0 fully saturated rings. The first-order chi connectivity index (χ1) is 15.1. The van der Waals surface area contributed by atoms with Crippen LogP contribution in [0.4, 0.5) is 4.39 Å². The Morgan fingerprint density at radius 2 is 1.71 bits per heavy atom. The number of rotatable bonds is 4. The van der Waals surface area contributed by atoms with E-state index in [1.807, 2.05) is 60.7 Å². The first-order valence-electron chi connectivity index (χ1n) is 9.80. The van der Waals surface area contributed by atoms with Crippen molar-refractivity contribution < 1.29 is 9.13 Å². The molecule has 1 atom stereocenters. The number of ether oxygens (including phenoxy) is 1. The van der Waals surface area contributed by atoms with Crippen molar-refractivity contribution >= 4 is 5.84 Å². The highest BCUT2D eigenvalue weighted by Gasteiger charge is 2.44. The van der Waals surface area contributed by atoms with Crippen molar-refractivity contribution in [2.45, 2.75) is 5.54 Å². The standard InChI is InChI=1S/C25H19FN4O/c1-31-22-15-18(11-13-29-22)25(19-8-5-9-20(26)23(19)24(27)30-25)17-7-4-6-16(14-17)21-10-2-3-12-28-21/h2-15H,1H3,(H2,27,30). The highest BCUT2D eigenvalue weighted by atomic mass is 19.1. The van der Waals surface area contributed by atoms with Crippen LogP contribution >= 0.6 is 0 Å². The lowest BCUT2D eigenvalue weighted by Crippen LogP contribution is -2.25. The van der Waals surface area contributed by atoms with Crippen LogP contribution in [0.1, 0.15) is 22.3 Å². The van der Waals surface area contributed by atoms with E-state index in [4.69, 9.17) is 15.5 Å². The minimum atomic E-state index is -1.04. The number of aliphatic imine (C=N–C) groups is 1. The molecule has 5 nitrogen and oxygen atoms in total. The normalized spacial score (nSPS) is 17.2. The van der Waals surface area contributed by atoms with Gasteiger partial charge >= 0.3 is 0 Å². The number of amidine groups is 1. The van der Waals surface area contributed by atoms with Crippen LogP contribution < -0.4 is 10.5 Å². The topological polar surface area (TPSA) is 73.4 Å². The van der Waals surface area contributed by atoms with Crippen LogP contribution in [-0.4, -0.2) is 22.9 Å². The highest BCUT2D eigenvalue weighted by molar-refractivity contribution is 6.03. The van der Waals surface area contributed by atoms with Crippen molar-refractivity contribution in [2.75, 3.05) is 7.11 Å². The van der Waals surface area contributed by atoms with Crippen LogP contribution in [0.3, 0.4) is 0 Å². The zero-order valence-corrected chi connectivity index (χ0v) is 16.8. The van der Waals surface area contributed by atoms with Gasteiger partial charge in [0, 0.05) is 29.6 Å². The van der Waals surface area contributed by atoms with Crippen LogP contribution in [-0.2, 0) is 5.54 Å². The molecule has 6 heteroatoms. The van der Waals surface area contributed by atoms with E-state index in [2.05, 4.69) is 9.97 Å². The maximum Gasteiger partial charge on any atom is 0.213 e. The van der Waals surface area contributed by atoms with E-state index < -0.39 is 11.4 Å². The second kappa shape index (κ2) is 7.32. The minimum absolute atomic E-state index is 0.159. The van der Waals surface area contributed by atoms with Gasteiger partial charge in [-0.2, -0.15) is 0 Å². The Morgan fingerprint density at radius 3 is 2.52 bits per heavy atom. The summed E-state index contributed by atoms with van der Waals surface area (Å²) in [4.78, 5) is 13.5. The third-order valence-electron chi connectivity index (χ3n) is 5.55. The maximum absolute atomic E-state index is 14.8. The summed E-state index contributed by atoms with van der Waals surface area (Å²) in [5.41, 5.74) is 9.62. The van der Waals surface area contributed by atoms with Crippen LogP contribution in [0.25, 0.3) is 11.3 Å². The summed E-state index contributed by atoms with van der Waals surface area (Å²) in [6, 6.07) is 22.3. The van der Waals surface area contributed by atoms with Gasteiger partial charge in [-0.05, 0) is 41.5 Å². The number of halogens is 1. The molecular weight excluding hydrogens is 391 g/mol. The number of hydrogen-bond donors (Lipinski definition) is 1. The molecule has 0 bridgehead atoms. The molecule has 4 aromatic rings. The predicted octanol–water partition coefficient (Wildman–Crippen LogP) is 4.30. The quantitative estimate of drug-likeness (QED) is 0.544. The molecule has 3 heterocycles. The number of nitrogens with two attached hydrogens (primary N) is 1. The van der Waals surface area contributed by atoms with Crippen LogP contribution in [0.5, 0.6) is 5.88 Å². The average molecular weight is 410 g/mol. The lowest BCUT2D eigenvalue weighted by atomic mass is 9.77. The molecule has 0 aliphatic carbocycles. The Hall–Kier alpha value is -4.06. The lowest BCUT2D eigenvalue weighted by molar-refractivity contribution is 0.396. The molecule has 0 radical (unpaired) electrons. The van der Waals surface area contributed by atoms with E-state index in [0.29, 0.717) is 17.0 Å². The minimum Gasteiger partial charge on any atom is -0.481 e. The Bertz CT molecular complexity index is 1310. The molecule has 1 aliphatic rings. The van der Waals surface area contributed by atoms with Crippen molar-refractivity contribution in [3.8, 4) is 17.1 Å². The molecule has 2 N–H and O–H groups in total. The number of methoxy groups -OCH3 is 1. The smallest absolute Gasteiger partial charge is 0.213 e. The zero-order valence-electron chi connectivity index (χ0n) is 16.8. The number of benzene rings is 2. The van der Waals surface area contributed by atoms with Gasteiger partial charge < -0.3 is 10.5 Å². The number of fused-ring (bicyclic) bond motifs is 1. The van der Waals surface area contributed by atoms with Crippen molar-refractivity contribution in [2.24, 2.45) is 10.7 Å². The van der Waals surface area contributed by atoms with E-state index in [1.54, 1.807) is 25.6 Å². The maximum atomic E-state index is 14.8. The van der Waals surface area contributed by atoms with E-state index in [-0.39, 0.29) is 5.84 Å².